The van der Waals surface area contributed by atoms with Crippen molar-refractivity contribution in [2.45, 2.75) is 12.0 Å². The van der Waals surface area contributed by atoms with Crippen LogP contribution in [-0.2, 0) is 4.79 Å². The van der Waals surface area contributed by atoms with Crippen molar-refractivity contribution in [3.8, 4) is 0 Å². The van der Waals surface area contributed by atoms with Gasteiger partial charge < -0.3 is 10.4 Å². The maximum atomic E-state index is 10.6. The molecule has 1 rings (SSSR count). The summed E-state index contributed by atoms with van der Waals surface area (Å²) in [5, 5.41) is 11.8. The Morgan fingerprint density at radius 3 is 2.71 bits per heavy atom. The number of nitrogens with one attached hydrogen (secondary N) is 1. The lowest BCUT2D eigenvalue weighted by Gasteiger charge is -2.29. The first-order chi connectivity index (χ1) is 6.59. The first-order valence-corrected chi connectivity index (χ1v) is 4.26. The summed E-state index contributed by atoms with van der Waals surface area (Å²) in [5.41, 5.74) is -0.345. The summed E-state index contributed by atoms with van der Waals surface area (Å²) in [5.74, 6) is -0.976. The molecule has 1 heterocycles. The van der Waals surface area contributed by atoms with Gasteiger partial charge in [0.15, 0.2) is 0 Å². The molecule has 1 aliphatic heterocycles. The van der Waals surface area contributed by atoms with Crippen LogP contribution < -0.4 is 5.32 Å². The Morgan fingerprint density at radius 1 is 1.57 bits per heavy atom. The third-order valence-electron chi connectivity index (χ3n) is 2.13. The quantitative estimate of drug-likeness (QED) is 0.524. The highest BCUT2D eigenvalue weighted by Crippen LogP contribution is 2.21. The van der Waals surface area contributed by atoms with Crippen LogP contribution in [0, 0.1) is 0 Å². The zero-order valence-corrected chi connectivity index (χ0v) is 7.86. The minimum Gasteiger partial charge on any atom is -0.478 e. The molecular formula is C11H13NO2. The van der Waals surface area contributed by atoms with Crippen LogP contribution in [0.1, 0.15) is 6.42 Å². The Balaban J connectivity index is 2.77. The smallest absolute Gasteiger partial charge is 0.331 e. The number of rotatable bonds is 4. The molecule has 0 aliphatic carbocycles. The molecule has 0 saturated carbocycles. The maximum Gasteiger partial charge on any atom is 0.331 e. The molecule has 74 valence electrons. The molecule has 3 heteroatoms. The van der Waals surface area contributed by atoms with E-state index in [2.05, 4.69) is 18.5 Å². The topological polar surface area (TPSA) is 49.3 Å². The van der Waals surface area contributed by atoms with E-state index in [4.69, 9.17) is 5.11 Å². The number of aliphatic carboxylic acids is 1. The molecule has 0 bridgehead atoms. The largest absolute Gasteiger partial charge is 0.478 e. The predicted octanol–water partition coefficient (Wildman–Crippen LogP) is 1.62. The third kappa shape index (κ3) is 2.13. The highest BCUT2D eigenvalue weighted by molar-refractivity contribution is 5.86. The molecule has 0 saturated heterocycles. The van der Waals surface area contributed by atoms with Crippen molar-refractivity contribution in [1.82, 2.24) is 5.32 Å². The van der Waals surface area contributed by atoms with E-state index in [0.29, 0.717) is 6.42 Å². The van der Waals surface area contributed by atoms with E-state index in [1.807, 2.05) is 18.2 Å². The monoisotopic (exact) mass is 191 g/mol. The van der Waals surface area contributed by atoms with Gasteiger partial charge in [0.25, 0.3) is 0 Å². The van der Waals surface area contributed by atoms with Gasteiger partial charge >= 0.3 is 5.97 Å². The van der Waals surface area contributed by atoms with Crippen LogP contribution in [0.4, 0.5) is 0 Å². The van der Waals surface area contributed by atoms with Crippen molar-refractivity contribution < 1.29 is 9.90 Å². The molecule has 14 heavy (non-hydrogen) atoms. The van der Waals surface area contributed by atoms with Crippen LogP contribution in [0.15, 0.2) is 49.2 Å². The summed E-state index contributed by atoms with van der Waals surface area (Å²) in [7, 11) is 0. The van der Waals surface area contributed by atoms with E-state index < -0.39 is 11.5 Å². The summed E-state index contributed by atoms with van der Waals surface area (Å²) in [6.07, 6.45) is 9.32. The second-order valence-corrected chi connectivity index (χ2v) is 3.19. The van der Waals surface area contributed by atoms with Gasteiger partial charge in [-0.25, -0.2) is 4.79 Å². The zero-order valence-electron chi connectivity index (χ0n) is 7.86. The molecule has 0 fully saturated rings. The van der Waals surface area contributed by atoms with E-state index in [1.165, 1.54) is 0 Å². The molecule has 0 aromatic carbocycles. The minimum absolute atomic E-state index is 0.164. The van der Waals surface area contributed by atoms with Crippen molar-refractivity contribution >= 4 is 5.97 Å². The first-order valence-electron chi connectivity index (χ1n) is 4.26. The van der Waals surface area contributed by atoms with Crippen LogP contribution in [0.5, 0.6) is 0 Å². The molecule has 1 unspecified atom stereocenters. The van der Waals surface area contributed by atoms with Gasteiger partial charge in [0.05, 0.1) is 5.54 Å². The maximum absolute atomic E-state index is 10.6. The highest BCUT2D eigenvalue weighted by Gasteiger charge is 2.25. The van der Waals surface area contributed by atoms with Gasteiger partial charge in [-0.15, -0.1) is 6.58 Å². The fraction of sp³-hybridized carbons (Fsp3) is 0.182. The molecule has 2 N–H and O–H groups in total. The number of carbonyl (C=O) groups is 1. The SMILES string of the molecule is C=CC1(CC(=C)C(=O)O)C=CC=CN1. The predicted molar refractivity (Wildman–Crippen MR) is 55.7 cm³/mol. The van der Waals surface area contributed by atoms with Crippen molar-refractivity contribution in [3.05, 3.63) is 49.2 Å². The highest BCUT2D eigenvalue weighted by atomic mass is 16.4. The second-order valence-electron chi connectivity index (χ2n) is 3.19. The average Bonchev–Trinajstić information content (AvgIpc) is 2.19. The van der Waals surface area contributed by atoms with Crippen molar-refractivity contribution in [1.29, 1.82) is 0 Å². The standard InChI is InChI=1S/C11H13NO2/c1-3-11(6-4-5-7-12-11)8-9(2)10(13)14/h3-7,12H,1-2,8H2,(H,13,14). The molecule has 1 aliphatic rings. The fourth-order valence-corrected chi connectivity index (χ4v) is 1.27. The Kier molecular flexibility index (Phi) is 2.92. The number of hydrogen-bond acceptors (Lipinski definition) is 2. The van der Waals surface area contributed by atoms with Gasteiger partial charge in [0, 0.05) is 12.0 Å². The molecule has 0 aromatic heterocycles. The van der Waals surface area contributed by atoms with Crippen LogP contribution >= 0.6 is 0 Å². The van der Waals surface area contributed by atoms with Crippen molar-refractivity contribution in [2.24, 2.45) is 0 Å². The number of carboxylic acids is 1. The lowest BCUT2D eigenvalue weighted by atomic mass is 9.89. The molecule has 0 amide bonds. The molecular weight excluding hydrogens is 178 g/mol. The van der Waals surface area contributed by atoms with Gasteiger partial charge in [0.1, 0.15) is 0 Å². The van der Waals surface area contributed by atoms with Crippen LogP contribution in [0.25, 0.3) is 0 Å². The molecule has 3 nitrogen and oxygen atoms in total. The van der Waals surface area contributed by atoms with Gasteiger partial charge in [-0.1, -0.05) is 24.8 Å². The molecule has 0 spiro atoms. The van der Waals surface area contributed by atoms with Gasteiger partial charge in [0.2, 0.25) is 0 Å². The summed E-state index contributed by atoms with van der Waals surface area (Å²) in [6, 6.07) is 0. The van der Waals surface area contributed by atoms with E-state index >= 15 is 0 Å². The Morgan fingerprint density at radius 2 is 2.29 bits per heavy atom. The number of dihydropyridines is 1. The zero-order chi connectivity index (χ0) is 10.6. The lowest BCUT2D eigenvalue weighted by Crippen LogP contribution is -2.40. The fourth-order valence-electron chi connectivity index (χ4n) is 1.27. The van der Waals surface area contributed by atoms with Crippen molar-refractivity contribution in [2.75, 3.05) is 0 Å². The van der Waals surface area contributed by atoms with E-state index in [1.54, 1.807) is 12.3 Å². The molecule has 0 aromatic rings. The third-order valence-corrected chi connectivity index (χ3v) is 2.13. The van der Waals surface area contributed by atoms with Gasteiger partial charge in [-0.2, -0.15) is 0 Å². The number of hydrogen-bond donors (Lipinski definition) is 2. The van der Waals surface area contributed by atoms with E-state index in [-0.39, 0.29) is 5.57 Å². The molecule has 1 atom stereocenters. The van der Waals surface area contributed by atoms with Gasteiger partial charge in [-0.3, -0.25) is 0 Å². The first kappa shape index (κ1) is 10.3. The molecule has 0 radical (unpaired) electrons. The van der Waals surface area contributed by atoms with E-state index in [9.17, 15) is 4.79 Å². The normalized spacial score (nSPS) is 24.0. The van der Waals surface area contributed by atoms with Crippen LogP contribution in [0.2, 0.25) is 0 Å². The second kappa shape index (κ2) is 3.96. The van der Waals surface area contributed by atoms with Crippen LogP contribution in [0.3, 0.4) is 0 Å². The van der Waals surface area contributed by atoms with E-state index in [0.717, 1.165) is 0 Å². The van der Waals surface area contributed by atoms with Gasteiger partial charge in [-0.05, 0) is 12.3 Å². The lowest BCUT2D eigenvalue weighted by molar-refractivity contribution is -0.132. The number of carboxylic acid groups (broad SMARTS) is 1. The number of allylic oxidation sites excluding steroid dienone is 2. The minimum atomic E-state index is -0.976. The van der Waals surface area contributed by atoms with Crippen LogP contribution in [-0.4, -0.2) is 16.6 Å². The summed E-state index contributed by atoms with van der Waals surface area (Å²) >= 11 is 0. The Bertz CT molecular complexity index is 328. The summed E-state index contributed by atoms with van der Waals surface area (Å²) in [4.78, 5) is 10.6. The Labute approximate surface area is 83.1 Å². The van der Waals surface area contributed by atoms with Crippen molar-refractivity contribution in [3.63, 3.8) is 0 Å². The average molecular weight is 191 g/mol. The summed E-state index contributed by atoms with van der Waals surface area (Å²) < 4.78 is 0. The summed E-state index contributed by atoms with van der Waals surface area (Å²) in [6.45, 7) is 7.18. The Hall–Kier alpha value is -1.77.